The lowest BCUT2D eigenvalue weighted by Crippen LogP contribution is -1.81. The number of hydrogen-bond donors (Lipinski definition) is 1. The Kier molecular flexibility index (Phi) is 2.30. The molecule has 10 heavy (non-hydrogen) atoms. The first-order valence-corrected chi connectivity index (χ1v) is 3.72. The zero-order valence-corrected chi connectivity index (χ0v) is 7.35. The summed E-state index contributed by atoms with van der Waals surface area (Å²) < 4.78 is 0.563. The first kappa shape index (κ1) is 7.58. The Morgan fingerprint density at radius 1 is 1.70 bits per heavy atom. The zero-order valence-electron chi connectivity index (χ0n) is 4.87. The molecular weight excluding hydrogens is 212 g/mol. The molecule has 0 fully saturated rings. The molecule has 0 saturated heterocycles. The van der Waals surface area contributed by atoms with E-state index < -0.39 is 0 Å². The fourth-order valence-electron chi connectivity index (χ4n) is 0.515. The second kappa shape index (κ2) is 3.04. The molecule has 0 aliphatic carbocycles. The van der Waals surface area contributed by atoms with E-state index in [1.54, 1.807) is 12.3 Å². The Morgan fingerprint density at radius 3 is 2.90 bits per heavy atom. The van der Waals surface area contributed by atoms with Crippen LogP contribution in [0.5, 0.6) is 0 Å². The molecule has 0 aliphatic heterocycles. The molecule has 1 heterocycles. The second-order valence-corrected chi connectivity index (χ2v) is 2.91. The van der Waals surface area contributed by atoms with Crippen LogP contribution in [-0.2, 0) is 0 Å². The van der Waals surface area contributed by atoms with Crippen molar-refractivity contribution >= 4 is 28.6 Å². The largest absolute Gasteiger partial charge is 0.247 e. The van der Waals surface area contributed by atoms with Crippen LogP contribution in [0.3, 0.4) is 0 Å². The van der Waals surface area contributed by atoms with Crippen LogP contribution in [0.4, 0.5) is 0 Å². The third-order valence-corrected chi connectivity index (χ3v) is 1.82. The van der Waals surface area contributed by atoms with Crippen LogP contribution >= 0.6 is 28.6 Å². The van der Waals surface area contributed by atoms with Gasteiger partial charge >= 0.3 is 0 Å². The van der Waals surface area contributed by atoms with Crippen molar-refractivity contribution in [3.63, 3.8) is 0 Å². The van der Waals surface area contributed by atoms with Gasteiger partial charge in [0.1, 0.15) is 10.7 Å². The number of hydrogen-bond acceptors (Lipinski definition) is 3. The first-order valence-electron chi connectivity index (χ1n) is 2.48. The van der Waals surface area contributed by atoms with Crippen molar-refractivity contribution in [3.8, 4) is 6.07 Å². The van der Waals surface area contributed by atoms with Crippen LogP contribution in [0.2, 0.25) is 0 Å². The molecule has 0 bridgehead atoms. The van der Waals surface area contributed by atoms with Crippen LogP contribution in [0.1, 0.15) is 5.56 Å². The summed E-state index contributed by atoms with van der Waals surface area (Å²) in [6.45, 7) is 0. The Balaban J connectivity index is 3.25. The predicted octanol–water partition coefficient (Wildman–Crippen LogP) is 2.00. The van der Waals surface area contributed by atoms with Gasteiger partial charge in [0.25, 0.3) is 0 Å². The van der Waals surface area contributed by atoms with E-state index >= 15 is 0 Å². The fourth-order valence-corrected chi connectivity index (χ4v) is 1.01. The maximum absolute atomic E-state index is 8.49. The monoisotopic (exact) mass is 214 g/mol. The highest BCUT2D eigenvalue weighted by Crippen LogP contribution is 2.15. The minimum Gasteiger partial charge on any atom is -0.247 e. The minimum atomic E-state index is 0.507. The molecule has 0 amide bonds. The third kappa shape index (κ3) is 1.49. The lowest BCUT2D eigenvalue weighted by molar-refractivity contribution is 1.18. The molecular formula is C6H3BrN2S. The summed E-state index contributed by atoms with van der Waals surface area (Å²) >= 11 is 7.14. The standard InChI is InChI=1S/C6H3BrN2S/c7-6-4(2-8)1-5(10)3-9-6/h1,3,10H. The van der Waals surface area contributed by atoms with Gasteiger partial charge in [0.15, 0.2) is 0 Å². The number of thiol groups is 1. The van der Waals surface area contributed by atoms with Gasteiger partial charge in [-0.3, -0.25) is 0 Å². The molecule has 1 aromatic rings. The van der Waals surface area contributed by atoms with E-state index in [4.69, 9.17) is 5.26 Å². The van der Waals surface area contributed by atoms with Crippen molar-refractivity contribution in [1.82, 2.24) is 4.98 Å². The number of rotatable bonds is 0. The van der Waals surface area contributed by atoms with Crippen molar-refractivity contribution < 1.29 is 0 Å². The minimum absolute atomic E-state index is 0.507. The Morgan fingerprint density at radius 2 is 2.40 bits per heavy atom. The Labute approximate surface area is 72.4 Å². The average Bonchev–Trinajstić information content (AvgIpc) is 1.94. The highest BCUT2D eigenvalue weighted by molar-refractivity contribution is 9.10. The van der Waals surface area contributed by atoms with Gasteiger partial charge in [0, 0.05) is 11.1 Å². The molecule has 0 unspecified atom stereocenters. The summed E-state index contributed by atoms with van der Waals surface area (Å²) in [4.78, 5) is 4.56. The van der Waals surface area contributed by atoms with Crippen molar-refractivity contribution in [2.24, 2.45) is 0 Å². The maximum atomic E-state index is 8.49. The summed E-state index contributed by atoms with van der Waals surface area (Å²) in [5.41, 5.74) is 0.507. The summed E-state index contributed by atoms with van der Waals surface area (Å²) in [5, 5.41) is 8.49. The molecule has 2 nitrogen and oxygen atoms in total. The van der Waals surface area contributed by atoms with Gasteiger partial charge in [0.05, 0.1) is 5.56 Å². The van der Waals surface area contributed by atoms with E-state index in [-0.39, 0.29) is 0 Å². The number of nitrogens with zero attached hydrogens (tertiary/aromatic N) is 2. The van der Waals surface area contributed by atoms with Crippen molar-refractivity contribution in [1.29, 1.82) is 5.26 Å². The SMILES string of the molecule is N#Cc1cc(S)cnc1Br. The normalized spacial score (nSPS) is 8.90. The van der Waals surface area contributed by atoms with E-state index in [0.29, 0.717) is 15.1 Å². The van der Waals surface area contributed by atoms with E-state index in [2.05, 4.69) is 33.5 Å². The molecule has 0 aliphatic rings. The summed E-state index contributed by atoms with van der Waals surface area (Å²) in [6, 6.07) is 3.63. The quantitative estimate of drug-likeness (QED) is 0.530. The number of pyridine rings is 1. The topological polar surface area (TPSA) is 36.7 Å². The molecule has 0 spiro atoms. The van der Waals surface area contributed by atoms with E-state index in [9.17, 15) is 0 Å². The van der Waals surface area contributed by atoms with E-state index in [0.717, 1.165) is 0 Å². The number of nitriles is 1. The van der Waals surface area contributed by atoms with Gasteiger partial charge in [-0.05, 0) is 22.0 Å². The molecule has 0 saturated carbocycles. The Bertz CT molecular complexity index is 292. The van der Waals surface area contributed by atoms with Crippen LogP contribution in [0.25, 0.3) is 0 Å². The number of aromatic nitrogens is 1. The second-order valence-electron chi connectivity index (χ2n) is 1.64. The summed E-state index contributed by atoms with van der Waals surface area (Å²) in [5.74, 6) is 0. The highest BCUT2D eigenvalue weighted by Gasteiger charge is 1.98. The lowest BCUT2D eigenvalue weighted by atomic mass is 10.3. The number of halogens is 1. The van der Waals surface area contributed by atoms with Gasteiger partial charge in [-0.15, -0.1) is 12.6 Å². The van der Waals surface area contributed by atoms with Gasteiger partial charge in [-0.1, -0.05) is 0 Å². The molecule has 0 N–H and O–H groups in total. The third-order valence-electron chi connectivity index (χ3n) is 0.945. The van der Waals surface area contributed by atoms with Crippen molar-refractivity contribution in [2.45, 2.75) is 4.90 Å². The van der Waals surface area contributed by atoms with Crippen LogP contribution < -0.4 is 0 Å². The molecule has 1 aromatic heterocycles. The molecule has 0 aromatic carbocycles. The average molecular weight is 215 g/mol. The molecule has 0 radical (unpaired) electrons. The Hall–Kier alpha value is -0.530. The highest BCUT2D eigenvalue weighted by atomic mass is 79.9. The molecule has 0 atom stereocenters. The van der Waals surface area contributed by atoms with E-state index in [1.165, 1.54) is 0 Å². The van der Waals surface area contributed by atoms with Gasteiger partial charge in [0.2, 0.25) is 0 Å². The zero-order chi connectivity index (χ0) is 7.56. The van der Waals surface area contributed by atoms with Crippen LogP contribution in [0.15, 0.2) is 21.8 Å². The van der Waals surface area contributed by atoms with Crippen molar-refractivity contribution in [2.75, 3.05) is 0 Å². The molecule has 4 heteroatoms. The van der Waals surface area contributed by atoms with Crippen molar-refractivity contribution in [3.05, 3.63) is 22.4 Å². The molecule has 1 rings (SSSR count). The first-order chi connectivity index (χ1) is 4.74. The maximum Gasteiger partial charge on any atom is 0.123 e. The van der Waals surface area contributed by atoms with Gasteiger partial charge in [-0.25, -0.2) is 4.98 Å². The summed E-state index contributed by atoms with van der Waals surface area (Å²) in [7, 11) is 0. The van der Waals surface area contributed by atoms with Crippen LogP contribution in [-0.4, -0.2) is 4.98 Å². The molecule has 50 valence electrons. The lowest BCUT2D eigenvalue weighted by Gasteiger charge is -1.92. The fraction of sp³-hybridized carbons (Fsp3) is 0. The van der Waals surface area contributed by atoms with Crippen LogP contribution in [0, 0.1) is 11.3 Å². The van der Waals surface area contributed by atoms with E-state index in [1.807, 2.05) is 6.07 Å². The van der Waals surface area contributed by atoms with Gasteiger partial charge < -0.3 is 0 Å². The smallest absolute Gasteiger partial charge is 0.123 e. The predicted molar refractivity (Wildman–Crippen MR) is 43.9 cm³/mol. The van der Waals surface area contributed by atoms with Gasteiger partial charge in [-0.2, -0.15) is 5.26 Å². The summed E-state index contributed by atoms with van der Waals surface area (Å²) in [6.07, 6.45) is 1.58.